The quantitative estimate of drug-likeness (QED) is 0.840. The van der Waals surface area contributed by atoms with Crippen LogP contribution in [0.3, 0.4) is 0 Å². The van der Waals surface area contributed by atoms with E-state index in [1.165, 1.54) is 0 Å². The summed E-state index contributed by atoms with van der Waals surface area (Å²) in [6.07, 6.45) is 2.10. The second kappa shape index (κ2) is 8.43. The van der Waals surface area contributed by atoms with Gasteiger partial charge in [0.25, 0.3) is 5.91 Å². The van der Waals surface area contributed by atoms with Crippen LogP contribution in [0.15, 0.2) is 54.6 Å². The van der Waals surface area contributed by atoms with Crippen LogP contribution in [0, 0.1) is 0 Å². The number of benzene rings is 2. The normalized spacial score (nSPS) is 16.8. The molecule has 0 spiro atoms. The third-order valence-corrected chi connectivity index (χ3v) is 4.42. The maximum absolute atomic E-state index is 12.2. The molecule has 1 aliphatic carbocycles. The molecule has 1 fully saturated rings. The Morgan fingerprint density at radius 3 is 2.35 bits per heavy atom. The van der Waals surface area contributed by atoms with Gasteiger partial charge in [-0.1, -0.05) is 42.5 Å². The van der Waals surface area contributed by atoms with Crippen molar-refractivity contribution in [3.63, 3.8) is 0 Å². The lowest BCUT2D eigenvalue weighted by atomic mass is 9.96. The predicted octanol–water partition coefficient (Wildman–Crippen LogP) is 3.14. The summed E-state index contributed by atoms with van der Waals surface area (Å²) in [6, 6.07) is 17.0. The summed E-state index contributed by atoms with van der Waals surface area (Å²) >= 11 is 0. The van der Waals surface area contributed by atoms with E-state index in [0.29, 0.717) is 18.4 Å². The molecular weight excluding hydrogens is 330 g/mol. The SMILES string of the molecule is O=C(CNC(=O)c1ccc(-c2ccccc2)cc1)O[C@H]1CCCCC1=O. The van der Waals surface area contributed by atoms with Crippen molar-refractivity contribution in [3.8, 4) is 11.1 Å². The van der Waals surface area contributed by atoms with E-state index < -0.39 is 12.1 Å². The van der Waals surface area contributed by atoms with Gasteiger partial charge in [0.05, 0.1) is 0 Å². The van der Waals surface area contributed by atoms with Crippen LogP contribution in [0.25, 0.3) is 11.1 Å². The monoisotopic (exact) mass is 351 g/mol. The van der Waals surface area contributed by atoms with Crippen LogP contribution in [0.1, 0.15) is 36.0 Å². The molecule has 0 aliphatic heterocycles. The first-order valence-corrected chi connectivity index (χ1v) is 8.79. The molecule has 1 atom stereocenters. The van der Waals surface area contributed by atoms with E-state index in [9.17, 15) is 14.4 Å². The molecule has 3 rings (SSSR count). The molecule has 0 aromatic heterocycles. The van der Waals surface area contributed by atoms with Crippen molar-refractivity contribution < 1.29 is 19.1 Å². The highest BCUT2D eigenvalue weighted by Crippen LogP contribution is 2.19. The van der Waals surface area contributed by atoms with Crippen molar-refractivity contribution in [2.75, 3.05) is 6.54 Å². The molecule has 134 valence electrons. The molecule has 5 heteroatoms. The number of ether oxygens (including phenoxy) is 1. The lowest BCUT2D eigenvalue weighted by Gasteiger charge is -2.20. The Hall–Kier alpha value is -2.95. The number of amides is 1. The van der Waals surface area contributed by atoms with Crippen molar-refractivity contribution in [2.24, 2.45) is 0 Å². The number of nitrogens with one attached hydrogen (secondary N) is 1. The van der Waals surface area contributed by atoms with Gasteiger partial charge in [-0.2, -0.15) is 0 Å². The fraction of sp³-hybridized carbons (Fsp3) is 0.286. The van der Waals surface area contributed by atoms with Crippen molar-refractivity contribution in [2.45, 2.75) is 31.8 Å². The summed E-state index contributed by atoms with van der Waals surface area (Å²) in [5.41, 5.74) is 2.55. The number of esters is 1. The Labute approximate surface area is 152 Å². The fourth-order valence-corrected chi connectivity index (χ4v) is 2.98. The van der Waals surface area contributed by atoms with Gasteiger partial charge in [0, 0.05) is 12.0 Å². The van der Waals surface area contributed by atoms with Gasteiger partial charge in [0.2, 0.25) is 0 Å². The standard InChI is InChI=1S/C21H21NO4/c23-18-8-4-5-9-19(18)26-20(24)14-22-21(25)17-12-10-16(11-13-17)15-6-2-1-3-7-15/h1-3,6-7,10-13,19H,4-5,8-9,14H2,(H,22,25)/t19-/m0/s1. The van der Waals surface area contributed by atoms with Crippen LogP contribution in [0.4, 0.5) is 0 Å². The van der Waals surface area contributed by atoms with Gasteiger partial charge in [0.15, 0.2) is 11.9 Å². The minimum Gasteiger partial charge on any atom is -0.453 e. The number of rotatable bonds is 5. The van der Waals surface area contributed by atoms with Crippen molar-refractivity contribution in [3.05, 3.63) is 60.2 Å². The maximum Gasteiger partial charge on any atom is 0.326 e. The lowest BCUT2D eigenvalue weighted by Crippen LogP contribution is -2.36. The first-order chi connectivity index (χ1) is 12.6. The molecule has 1 amide bonds. The second-order valence-corrected chi connectivity index (χ2v) is 6.32. The maximum atomic E-state index is 12.2. The molecule has 0 unspecified atom stereocenters. The average Bonchev–Trinajstić information content (AvgIpc) is 2.69. The van der Waals surface area contributed by atoms with Gasteiger partial charge in [-0.3, -0.25) is 14.4 Å². The Kier molecular flexibility index (Phi) is 5.79. The predicted molar refractivity (Wildman–Crippen MR) is 97.6 cm³/mol. The molecule has 1 aliphatic rings. The van der Waals surface area contributed by atoms with Crippen molar-refractivity contribution in [1.82, 2.24) is 5.32 Å². The number of carbonyl (C=O) groups is 3. The highest BCUT2D eigenvalue weighted by molar-refractivity contribution is 5.96. The van der Waals surface area contributed by atoms with E-state index in [1.54, 1.807) is 12.1 Å². The molecule has 1 N–H and O–H groups in total. The Morgan fingerprint density at radius 2 is 1.65 bits per heavy atom. The summed E-state index contributed by atoms with van der Waals surface area (Å²) in [6.45, 7) is -0.247. The van der Waals surface area contributed by atoms with E-state index in [4.69, 9.17) is 4.74 Å². The van der Waals surface area contributed by atoms with E-state index in [2.05, 4.69) is 5.32 Å². The largest absolute Gasteiger partial charge is 0.453 e. The van der Waals surface area contributed by atoms with E-state index >= 15 is 0 Å². The van der Waals surface area contributed by atoms with Crippen LogP contribution < -0.4 is 5.32 Å². The third kappa shape index (κ3) is 4.57. The highest BCUT2D eigenvalue weighted by atomic mass is 16.5. The molecule has 2 aromatic rings. The van der Waals surface area contributed by atoms with Gasteiger partial charge in [-0.25, -0.2) is 0 Å². The molecule has 0 heterocycles. The molecule has 26 heavy (non-hydrogen) atoms. The van der Waals surface area contributed by atoms with Gasteiger partial charge in [-0.05, 0) is 42.5 Å². The highest BCUT2D eigenvalue weighted by Gasteiger charge is 2.25. The molecule has 5 nitrogen and oxygen atoms in total. The van der Waals surface area contributed by atoms with E-state index in [1.807, 2.05) is 42.5 Å². The van der Waals surface area contributed by atoms with Crippen molar-refractivity contribution >= 4 is 17.7 Å². The second-order valence-electron chi connectivity index (χ2n) is 6.32. The zero-order valence-corrected chi connectivity index (χ0v) is 14.4. The Morgan fingerprint density at radius 1 is 0.962 bits per heavy atom. The summed E-state index contributed by atoms with van der Waals surface area (Å²) < 4.78 is 5.16. The Bertz CT molecular complexity index is 783. The first kappa shape index (κ1) is 17.9. The number of carbonyl (C=O) groups excluding carboxylic acids is 3. The van der Waals surface area contributed by atoms with Gasteiger partial charge in [-0.15, -0.1) is 0 Å². The molecule has 1 saturated carbocycles. The van der Waals surface area contributed by atoms with Crippen LogP contribution in [-0.2, 0) is 14.3 Å². The van der Waals surface area contributed by atoms with Gasteiger partial charge < -0.3 is 10.1 Å². The summed E-state index contributed by atoms with van der Waals surface area (Å²) in [5, 5.41) is 2.54. The van der Waals surface area contributed by atoms with Gasteiger partial charge >= 0.3 is 5.97 Å². The molecular formula is C21H21NO4. The summed E-state index contributed by atoms with van der Waals surface area (Å²) in [5.74, 6) is -0.969. The Balaban J connectivity index is 1.51. The van der Waals surface area contributed by atoms with E-state index in [0.717, 1.165) is 24.0 Å². The van der Waals surface area contributed by atoms with Crippen LogP contribution in [0.2, 0.25) is 0 Å². The number of hydrogen-bond acceptors (Lipinski definition) is 4. The zero-order valence-electron chi connectivity index (χ0n) is 14.4. The minimum atomic E-state index is -0.654. The number of ketones is 1. The van der Waals surface area contributed by atoms with Crippen LogP contribution in [-0.4, -0.2) is 30.3 Å². The average molecular weight is 351 g/mol. The summed E-state index contributed by atoms with van der Waals surface area (Å²) in [7, 11) is 0. The third-order valence-electron chi connectivity index (χ3n) is 4.42. The van der Waals surface area contributed by atoms with Crippen LogP contribution in [0.5, 0.6) is 0 Å². The topological polar surface area (TPSA) is 72.5 Å². The smallest absolute Gasteiger partial charge is 0.326 e. The number of Topliss-reactive ketones (excluding diaryl/α,β-unsaturated/α-hetero) is 1. The van der Waals surface area contributed by atoms with Gasteiger partial charge in [0.1, 0.15) is 6.54 Å². The van der Waals surface area contributed by atoms with Crippen LogP contribution >= 0.6 is 0 Å². The number of hydrogen-bond donors (Lipinski definition) is 1. The summed E-state index contributed by atoms with van der Waals surface area (Å²) in [4.78, 5) is 35.7. The lowest BCUT2D eigenvalue weighted by molar-refractivity contribution is -0.155. The fourth-order valence-electron chi connectivity index (χ4n) is 2.98. The molecule has 2 aromatic carbocycles. The van der Waals surface area contributed by atoms with E-state index in [-0.39, 0.29) is 18.2 Å². The zero-order chi connectivity index (χ0) is 18.4. The van der Waals surface area contributed by atoms with Crippen molar-refractivity contribution in [1.29, 1.82) is 0 Å². The minimum absolute atomic E-state index is 0.0348. The molecule has 0 radical (unpaired) electrons. The molecule has 0 bridgehead atoms. The first-order valence-electron chi connectivity index (χ1n) is 8.79. The molecule has 0 saturated heterocycles.